The fourth-order valence-electron chi connectivity index (χ4n) is 4.28. The number of hydrogen-bond acceptors (Lipinski definition) is 6. The summed E-state index contributed by atoms with van der Waals surface area (Å²) in [5.41, 5.74) is 1.11. The first kappa shape index (κ1) is 21.5. The summed E-state index contributed by atoms with van der Waals surface area (Å²) in [5.74, 6) is 1.51. The van der Waals surface area contributed by atoms with Gasteiger partial charge in [0.05, 0.1) is 12.1 Å². The monoisotopic (exact) mass is 424 g/mol. The summed E-state index contributed by atoms with van der Waals surface area (Å²) in [6, 6.07) is 7.43. The van der Waals surface area contributed by atoms with Crippen LogP contribution in [0, 0.1) is 0 Å². The molecular formula is C23H32N6O2. The van der Waals surface area contributed by atoms with Gasteiger partial charge in [-0.05, 0) is 87.8 Å². The fraction of sp³-hybridized carbons (Fsp3) is 0.565. The summed E-state index contributed by atoms with van der Waals surface area (Å²) in [7, 11) is 0. The molecule has 1 saturated heterocycles. The zero-order chi connectivity index (χ0) is 22.0. The first-order chi connectivity index (χ1) is 14.9. The molecule has 1 fully saturated rings. The third-order valence-electron chi connectivity index (χ3n) is 6.38. The maximum absolute atomic E-state index is 13.3. The second kappa shape index (κ2) is 8.78. The highest BCUT2D eigenvalue weighted by atomic mass is 16.5. The number of aromatic amines is 1. The van der Waals surface area contributed by atoms with Crippen LogP contribution in [0.25, 0.3) is 10.9 Å². The number of piperidine rings is 1. The first-order valence-corrected chi connectivity index (χ1v) is 11.3. The van der Waals surface area contributed by atoms with Crippen LogP contribution in [0.15, 0.2) is 29.1 Å². The molecule has 0 aliphatic carbocycles. The zero-order valence-electron chi connectivity index (χ0n) is 18.9. The number of benzene rings is 1. The average molecular weight is 425 g/mol. The van der Waals surface area contributed by atoms with Gasteiger partial charge in [-0.2, -0.15) is 0 Å². The fourth-order valence-corrected chi connectivity index (χ4v) is 4.28. The van der Waals surface area contributed by atoms with E-state index in [-0.39, 0.29) is 17.1 Å². The Morgan fingerprint density at radius 1 is 1.16 bits per heavy atom. The van der Waals surface area contributed by atoms with Crippen LogP contribution in [0.1, 0.15) is 70.8 Å². The van der Waals surface area contributed by atoms with Crippen molar-refractivity contribution in [1.82, 2.24) is 30.1 Å². The molecule has 4 rings (SSSR count). The van der Waals surface area contributed by atoms with Crippen molar-refractivity contribution in [3.05, 3.63) is 46.0 Å². The van der Waals surface area contributed by atoms with Crippen LogP contribution < -0.4 is 10.3 Å². The van der Waals surface area contributed by atoms with Gasteiger partial charge in [-0.3, -0.25) is 9.69 Å². The molecule has 1 atom stereocenters. The third kappa shape index (κ3) is 4.21. The van der Waals surface area contributed by atoms with Crippen molar-refractivity contribution < 1.29 is 4.74 Å². The summed E-state index contributed by atoms with van der Waals surface area (Å²) in [5, 5.41) is 13.7. The Labute approximate surface area is 182 Å². The van der Waals surface area contributed by atoms with Crippen molar-refractivity contribution in [3.8, 4) is 5.75 Å². The van der Waals surface area contributed by atoms with Crippen LogP contribution in [0.4, 0.5) is 0 Å². The van der Waals surface area contributed by atoms with E-state index in [1.807, 2.05) is 35.9 Å². The van der Waals surface area contributed by atoms with Gasteiger partial charge in [0.25, 0.3) is 5.56 Å². The van der Waals surface area contributed by atoms with Crippen molar-refractivity contribution >= 4 is 10.9 Å². The molecule has 31 heavy (non-hydrogen) atoms. The van der Waals surface area contributed by atoms with E-state index >= 15 is 0 Å². The molecule has 8 heteroatoms. The topological polar surface area (TPSA) is 88.9 Å². The van der Waals surface area contributed by atoms with Crippen LogP contribution in [-0.4, -0.2) is 49.8 Å². The van der Waals surface area contributed by atoms with Gasteiger partial charge in [0.1, 0.15) is 11.8 Å². The van der Waals surface area contributed by atoms with Crippen molar-refractivity contribution in [2.24, 2.45) is 0 Å². The number of H-pyrrole nitrogens is 1. The Morgan fingerprint density at radius 2 is 1.94 bits per heavy atom. The highest BCUT2D eigenvalue weighted by molar-refractivity contribution is 5.80. The van der Waals surface area contributed by atoms with Gasteiger partial charge in [-0.25, -0.2) is 4.68 Å². The second-order valence-electron chi connectivity index (χ2n) is 8.85. The largest absolute Gasteiger partial charge is 0.494 e. The minimum absolute atomic E-state index is 0.101. The highest BCUT2D eigenvalue weighted by Crippen LogP contribution is 2.32. The number of tetrazole rings is 1. The summed E-state index contributed by atoms with van der Waals surface area (Å²) in [6.45, 7) is 10.8. The summed E-state index contributed by atoms with van der Waals surface area (Å²) in [6.07, 6.45) is 4.30. The van der Waals surface area contributed by atoms with Crippen molar-refractivity contribution in [2.75, 3.05) is 19.7 Å². The van der Waals surface area contributed by atoms with Crippen LogP contribution in [0.3, 0.4) is 0 Å². The van der Waals surface area contributed by atoms with Crippen molar-refractivity contribution in [1.29, 1.82) is 0 Å². The quantitative estimate of drug-likeness (QED) is 0.623. The molecule has 0 radical (unpaired) electrons. The number of rotatable bonds is 7. The van der Waals surface area contributed by atoms with Crippen LogP contribution in [0.5, 0.6) is 5.75 Å². The maximum atomic E-state index is 13.3. The molecule has 0 saturated carbocycles. The van der Waals surface area contributed by atoms with Crippen LogP contribution in [-0.2, 0) is 5.54 Å². The molecule has 0 spiro atoms. The number of fused-ring (bicyclic) bond motifs is 1. The lowest BCUT2D eigenvalue weighted by atomic mass is 9.98. The molecule has 1 aliphatic rings. The standard InChI is InChI=1S/C23H32N6O2/c1-5-23(3,4)29-21(25-26-27-29)20(28-12-8-7-9-13-28)18-15-16-14-17(31-6-2)10-11-19(16)24-22(18)30/h10-11,14-15,20H,5-9,12-13H2,1-4H3,(H,24,30). The van der Waals surface area contributed by atoms with E-state index in [2.05, 4.69) is 46.2 Å². The first-order valence-electron chi connectivity index (χ1n) is 11.3. The lowest BCUT2D eigenvalue weighted by molar-refractivity contribution is 0.167. The Morgan fingerprint density at radius 3 is 2.65 bits per heavy atom. The van der Waals surface area contributed by atoms with Gasteiger partial charge in [0.2, 0.25) is 0 Å². The normalized spacial score (nSPS) is 16.5. The molecule has 8 nitrogen and oxygen atoms in total. The second-order valence-corrected chi connectivity index (χ2v) is 8.85. The van der Waals surface area contributed by atoms with Crippen molar-refractivity contribution in [3.63, 3.8) is 0 Å². The summed E-state index contributed by atoms with van der Waals surface area (Å²) < 4.78 is 7.57. The third-order valence-corrected chi connectivity index (χ3v) is 6.38. The van der Waals surface area contributed by atoms with Crippen LogP contribution >= 0.6 is 0 Å². The smallest absolute Gasteiger partial charge is 0.253 e. The predicted octanol–water partition coefficient (Wildman–Crippen LogP) is 3.63. The SMILES string of the molecule is CCOc1ccc2[nH]c(=O)c(C(c3nnnn3C(C)(C)CC)N3CCCCC3)cc2c1. The molecule has 2 aromatic heterocycles. The number of likely N-dealkylation sites (tertiary alicyclic amines) is 1. The molecule has 0 bridgehead atoms. The zero-order valence-corrected chi connectivity index (χ0v) is 18.9. The number of pyridine rings is 1. The molecule has 1 unspecified atom stereocenters. The molecule has 3 heterocycles. The van der Waals surface area contributed by atoms with E-state index in [4.69, 9.17) is 4.74 Å². The molecule has 3 aromatic rings. The van der Waals surface area contributed by atoms with Crippen molar-refractivity contribution in [2.45, 2.75) is 65.0 Å². The van der Waals surface area contributed by atoms with E-state index in [9.17, 15) is 4.79 Å². The number of ether oxygens (including phenoxy) is 1. The van der Waals surface area contributed by atoms with Gasteiger partial charge in [-0.15, -0.1) is 5.10 Å². The maximum Gasteiger partial charge on any atom is 0.253 e. The molecule has 0 amide bonds. The van der Waals surface area contributed by atoms with Gasteiger partial charge in [0.15, 0.2) is 5.82 Å². The summed E-state index contributed by atoms with van der Waals surface area (Å²) in [4.78, 5) is 18.7. The average Bonchev–Trinajstić information content (AvgIpc) is 3.26. The van der Waals surface area contributed by atoms with E-state index < -0.39 is 0 Å². The van der Waals surface area contributed by atoms with E-state index in [1.165, 1.54) is 6.42 Å². The number of hydrogen-bond donors (Lipinski definition) is 1. The van der Waals surface area contributed by atoms with E-state index in [0.29, 0.717) is 12.2 Å². The van der Waals surface area contributed by atoms with Gasteiger partial charge in [0, 0.05) is 16.5 Å². The minimum atomic E-state index is -0.301. The predicted molar refractivity (Wildman–Crippen MR) is 120 cm³/mol. The molecular weight excluding hydrogens is 392 g/mol. The molecule has 166 valence electrons. The van der Waals surface area contributed by atoms with Gasteiger partial charge in [-0.1, -0.05) is 13.3 Å². The Kier molecular flexibility index (Phi) is 6.09. The minimum Gasteiger partial charge on any atom is -0.494 e. The lowest BCUT2D eigenvalue weighted by Crippen LogP contribution is -2.40. The van der Waals surface area contributed by atoms with Gasteiger partial charge >= 0.3 is 0 Å². The van der Waals surface area contributed by atoms with E-state index in [0.717, 1.165) is 54.8 Å². The Bertz CT molecular complexity index is 1100. The summed E-state index contributed by atoms with van der Waals surface area (Å²) >= 11 is 0. The van der Waals surface area contributed by atoms with Crippen LogP contribution in [0.2, 0.25) is 0 Å². The Hall–Kier alpha value is -2.74. The number of nitrogens with zero attached hydrogens (tertiary/aromatic N) is 5. The van der Waals surface area contributed by atoms with E-state index in [1.54, 1.807) is 0 Å². The molecule has 1 aromatic carbocycles. The number of aromatic nitrogens is 5. The number of nitrogens with one attached hydrogen (secondary N) is 1. The molecule has 1 aliphatic heterocycles. The Balaban J connectivity index is 1.88. The van der Waals surface area contributed by atoms with Gasteiger partial charge < -0.3 is 9.72 Å². The lowest BCUT2D eigenvalue weighted by Gasteiger charge is -2.35. The highest BCUT2D eigenvalue weighted by Gasteiger charge is 2.34. The molecule has 1 N–H and O–H groups in total.